The predicted molar refractivity (Wildman–Crippen MR) is 119 cm³/mol. The minimum atomic E-state index is -3.62. The molecule has 3 N–H and O–H groups in total. The van der Waals surface area contributed by atoms with Crippen LogP contribution < -0.4 is 11.1 Å². The Labute approximate surface area is 183 Å². The number of hydrogen-bond acceptors (Lipinski definition) is 6. The van der Waals surface area contributed by atoms with Gasteiger partial charge in [-0.05, 0) is 30.7 Å². The molecule has 0 aliphatic carbocycles. The molecule has 0 bridgehead atoms. The van der Waals surface area contributed by atoms with E-state index in [4.69, 9.17) is 5.73 Å². The first kappa shape index (κ1) is 21.4. The number of nitrogens with one attached hydrogen (secondary N) is 1. The smallest absolute Gasteiger partial charge is 0.249 e. The molecule has 0 unspecified atom stereocenters. The van der Waals surface area contributed by atoms with Crippen LogP contribution in [0.3, 0.4) is 0 Å². The van der Waals surface area contributed by atoms with Crippen LogP contribution in [0.15, 0.2) is 59.6 Å². The minimum absolute atomic E-state index is 0.0389. The number of sulfone groups is 1. The van der Waals surface area contributed by atoms with Crippen LogP contribution in [-0.4, -0.2) is 35.1 Å². The Hall–Kier alpha value is -3.79. The summed E-state index contributed by atoms with van der Waals surface area (Å²) < 4.78 is 40.3. The van der Waals surface area contributed by atoms with E-state index in [1.165, 1.54) is 12.3 Å². The molecule has 0 aliphatic rings. The lowest BCUT2D eigenvalue weighted by molar-refractivity contribution is 0.100. The van der Waals surface area contributed by atoms with Crippen molar-refractivity contribution in [3.05, 3.63) is 77.4 Å². The average molecular weight is 453 g/mol. The summed E-state index contributed by atoms with van der Waals surface area (Å²) >= 11 is 0. The Bertz CT molecular complexity index is 1450. The highest BCUT2D eigenvalue weighted by Crippen LogP contribution is 2.28. The molecule has 0 fully saturated rings. The molecule has 32 heavy (non-hydrogen) atoms. The van der Waals surface area contributed by atoms with Crippen molar-refractivity contribution in [3.63, 3.8) is 0 Å². The lowest BCUT2D eigenvalue weighted by Gasteiger charge is -2.13. The second-order valence-corrected chi connectivity index (χ2v) is 9.35. The number of rotatable bonds is 6. The number of carbonyl (C=O) groups excluding carboxylic acids is 1. The first-order valence-corrected chi connectivity index (χ1v) is 11.5. The molecule has 4 aromatic rings. The largest absolute Gasteiger partial charge is 0.366 e. The Morgan fingerprint density at radius 3 is 2.56 bits per heavy atom. The van der Waals surface area contributed by atoms with E-state index in [0.717, 1.165) is 17.9 Å². The van der Waals surface area contributed by atoms with E-state index in [0.29, 0.717) is 23.1 Å². The number of anilines is 1. The molecular weight excluding hydrogens is 433 g/mol. The fraction of sp³-hybridized carbons (Fsp3) is 0.136. The number of hydrogen-bond donors (Lipinski definition) is 2. The number of amides is 1. The maximum Gasteiger partial charge on any atom is 0.249 e. The van der Waals surface area contributed by atoms with Gasteiger partial charge in [0.1, 0.15) is 10.7 Å². The van der Waals surface area contributed by atoms with Crippen LogP contribution in [0, 0.1) is 12.7 Å². The van der Waals surface area contributed by atoms with Gasteiger partial charge in [0.2, 0.25) is 11.9 Å². The van der Waals surface area contributed by atoms with Crippen molar-refractivity contribution >= 4 is 32.5 Å². The number of fused-ring (bicyclic) bond motifs is 1. The van der Waals surface area contributed by atoms with Crippen molar-refractivity contribution in [2.75, 3.05) is 11.6 Å². The van der Waals surface area contributed by atoms with Crippen LogP contribution in [-0.2, 0) is 16.4 Å². The van der Waals surface area contributed by atoms with Gasteiger partial charge < -0.3 is 11.1 Å². The van der Waals surface area contributed by atoms with E-state index in [1.54, 1.807) is 17.6 Å². The molecule has 2 heterocycles. The Kier molecular flexibility index (Phi) is 5.39. The summed E-state index contributed by atoms with van der Waals surface area (Å²) in [6, 6.07) is 13.4. The molecule has 8 nitrogen and oxygen atoms in total. The highest BCUT2D eigenvalue weighted by Gasteiger charge is 2.21. The Morgan fingerprint density at radius 2 is 1.91 bits per heavy atom. The van der Waals surface area contributed by atoms with E-state index in [2.05, 4.69) is 15.3 Å². The second kappa shape index (κ2) is 8.04. The van der Waals surface area contributed by atoms with Gasteiger partial charge in [-0.1, -0.05) is 30.3 Å². The summed E-state index contributed by atoms with van der Waals surface area (Å²) in [5.74, 6) is -1.15. The molecule has 0 atom stereocenters. The van der Waals surface area contributed by atoms with E-state index in [1.807, 2.05) is 30.3 Å². The zero-order valence-electron chi connectivity index (χ0n) is 17.3. The van der Waals surface area contributed by atoms with Crippen LogP contribution in [0.5, 0.6) is 0 Å². The summed E-state index contributed by atoms with van der Waals surface area (Å²) in [6.45, 7) is 2.08. The van der Waals surface area contributed by atoms with Crippen LogP contribution in [0.1, 0.15) is 21.6 Å². The van der Waals surface area contributed by atoms with Gasteiger partial charge in [0.05, 0.1) is 17.3 Å². The molecule has 0 saturated heterocycles. The van der Waals surface area contributed by atoms with Gasteiger partial charge in [-0.3, -0.25) is 9.36 Å². The molecule has 2 aromatic carbocycles. The molecule has 1 amide bonds. The molecule has 4 rings (SSSR count). The van der Waals surface area contributed by atoms with Gasteiger partial charge in [-0.2, -0.15) is 4.98 Å². The molecule has 0 radical (unpaired) electrons. The van der Waals surface area contributed by atoms with Crippen molar-refractivity contribution in [1.82, 2.24) is 14.5 Å². The molecule has 164 valence electrons. The summed E-state index contributed by atoms with van der Waals surface area (Å²) in [6.07, 6.45) is 2.29. The Balaban J connectivity index is 1.87. The maximum absolute atomic E-state index is 14.2. The van der Waals surface area contributed by atoms with E-state index in [-0.39, 0.29) is 22.2 Å². The number of benzene rings is 2. The van der Waals surface area contributed by atoms with Crippen LogP contribution >= 0.6 is 0 Å². The minimum Gasteiger partial charge on any atom is -0.366 e. The normalized spacial score (nSPS) is 11.6. The van der Waals surface area contributed by atoms with E-state index < -0.39 is 21.6 Å². The lowest BCUT2D eigenvalue weighted by Crippen LogP contribution is -2.13. The number of aromatic nitrogens is 3. The van der Waals surface area contributed by atoms with Gasteiger partial charge in [0, 0.05) is 23.9 Å². The third-order valence-electron chi connectivity index (χ3n) is 4.98. The number of nitrogens with zero attached hydrogens (tertiary/aromatic N) is 3. The summed E-state index contributed by atoms with van der Waals surface area (Å²) in [4.78, 5) is 20.4. The van der Waals surface area contributed by atoms with Crippen molar-refractivity contribution in [2.45, 2.75) is 18.4 Å². The third kappa shape index (κ3) is 4.04. The van der Waals surface area contributed by atoms with Crippen molar-refractivity contribution in [1.29, 1.82) is 0 Å². The molecule has 0 saturated carbocycles. The standard InChI is InChI=1S/C22H20FN5O3S/c1-13-8-16-17(20(24)29)9-15(23)10-18(16)28(13)22-26-12-19(32(2,30)31)21(27-22)25-11-14-6-4-3-5-7-14/h3-10,12H,11H2,1-2H3,(H2,24,29)(H,25,26,27). The number of nitrogens with two attached hydrogens (primary N) is 1. The first-order chi connectivity index (χ1) is 15.1. The summed E-state index contributed by atoms with van der Waals surface area (Å²) in [7, 11) is -3.62. The molecule has 2 aromatic heterocycles. The highest BCUT2D eigenvalue weighted by atomic mass is 32.2. The fourth-order valence-electron chi connectivity index (χ4n) is 3.52. The average Bonchev–Trinajstić information content (AvgIpc) is 3.06. The SMILES string of the molecule is Cc1cc2c(C(N)=O)cc(F)cc2n1-c1ncc(S(C)(=O)=O)c(NCc2ccccc2)n1. The quantitative estimate of drug-likeness (QED) is 0.463. The van der Waals surface area contributed by atoms with Gasteiger partial charge >= 0.3 is 0 Å². The lowest BCUT2D eigenvalue weighted by atomic mass is 10.1. The van der Waals surface area contributed by atoms with Crippen molar-refractivity contribution < 1.29 is 17.6 Å². The van der Waals surface area contributed by atoms with E-state index >= 15 is 0 Å². The number of carbonyl (C=O) groups is 1. The third-order valence-corrected chi connectivity index (χ3v) is 6.08. The van der Waals surface area contributed by atoms with Crippen molar-refractivity contribution in [3.8, 4) is 5.95 Å². The van der Waals surface area contributed by atoms with Crippen LogP contribution in [0.25, 0.3) is 16.9 Å². The Morgan fingerprint density at radius 1 is 1.19 bits per heavy atom. The fourth-order valence-corrected chi connectivity index (χ4v) is 4.24. The van der Waals surface area contributed by atoms with Gasteiger partial charge in [-0.25, -0.2) is 17.8 Å². The molecule has 0 spiro atoms. The highest BCUT2D eigenvalue weighted by molar-refractivity contribution is 7.90. The number of aryl methyl sites for hydroxylation is 1. The first-order valence-electron chi connectivity index (χ1n) is 9.62. The predicted octanol–water partition coefficient (Wildman–Crippen LogP) is 2.98. The number of primary amides is 1. The number of halogens is 1. The van der Waals surface area contributed by atoms with Crippen molar-refractivity contribution in [2.24, 2.45) is 5.73 Å². The van der Waals surface area contributed by atoms with Crippen LogP contribution in [0.4, 0.5) is 10.2 Å². The van der Waals surface area contributed by atoms with Gasteiger partial charge in [-0.15, -0.1) is 0 Å². The molecule has 10 heteroatoms. The topological polar surface area (TPSA) is 120 Å². The second-order valence-electron chi connectivity index (χ2n) is 7.37. The van der Waals surface area contributed by atoms with Crippen LogP contribution in [0.2, 0.25) is 0 Å². The zero-order chi connectivity index (χ0) is 23.0. The molecular formula is C22H20FN5O3S. The monoisotopic (exact) mass is 453 g/mol. The van der Waals surface area contributed by atoms with Gasteiger partial charge in [0.15, 0.2) is 15.7 Å². The maximum atomic E-state index is 14.2. The zero-order valence-corrected chi connectivity index (χ0v) is 18.1. The summed E-state index contributed by atoms with van der Waals surface area (Å²) in [5, 5.41) is 3.51. The van der Waals surface area contributed by atoms with E-state index in [9.17, 15) is 17.6 Å². The summed E-state index contributed by atoms with van der Waals surface area (Å²) in [5.41, 5.74) is 7.35. The van der Waals surface area contributed by atoms with Gasteiger partial charge in [0.25, 0.3) is 0 Å². The molecule has 0 aliphatic heterocycles.